The van der Waals surface area contributed by atoms with Gasteiger partial charge in [-0.05, 0) is 41.2 Å². The number of rotatable bonds is 2. The number of nitrogens with zero attached hydrogens (tertiary/aromatic N) is 1. The number of nitrogens with one attached hydrogen (secondary N) is 1. The van der Waals surface area contributed by atoms with E-state index in [4.69, 9.17) is 0 Å². The lowest BCUT2D eigenvalue weighted by molar-refractivity contribution is 0.742. The highest BCUT2D eigenvalue weighted by atomic mass is 15.0. The molecule has 1 N–H and O–H groups in total. The summed E-state index contributed by atoms with van der Waals surface area (Å²) in [6, 6.07) is 23.4. The summed E-state index contributed by atoms with van der Waals surface area (Å²) in [6.45, 7) is 8.60. The van der Waals surface area contributed by atoms with E-state index in [0.717, 1.165) is 25.3 Å². The first-order chi connectivity index (χ1) is 12.7. The van der Waals surface area contributed by atoms with Gasteiger partial charge in [0.25, 0.3) is 0 Å². The van der Waals surface area contributed by atoms with E-state index < -0.39 is 0 Å². The largest absolute Gasteiger partial charge is 0.370 e. The van der Waals surface area contributed by atoms with Crippen LogP contribution in [0.15, 0.2) is 71.7 Å². The van der Waals surface area contributed by atoms with E-state index in [1.165, 1.54) is 27.5 Å². The van der Waals surface area contributed by atoms with E-state index >= 15 is 0 Å². The SMILES string of the molecule is CC(C)c1cccc2ccccc12.Cc1ccccc1C1=NCCCN1. The standard InChI is InChI=1S/C13H14.C11H14N2/c1-10(2)12-9-5-7-11-6-3-4-8-13(11)12;1-9-5-2-3-6-10(9)11-12-7-4-8-13-11/h3-10H,1-2H3;2-3,5-6H,4,7-8H2,1H3,(H,12,13). The van der Waals surface area contributed by atoms with Gasteiger partial charge in [-0.15, -0.1) is 0 Å². The van der Waals surface area contributed by atoms with Crippen LogP contribution in [-0.4, -0.2) is 18.9 Å². The summed E-state index contributed by atoms with van der Waals surface area (Å²) in [6.07, 6.45) is 1.15. The minimum absolute atomic E-state index is 0.603. The van der Waals surface area contributed by atoms with E-state index in [2.05, 4.69) is 97.8 Å². The van der Waals surface area contributed by atoms with Crippen LogP contribution < -0.4 is 5.32 Å². The first-order valence-electron chi connectivity index (χ1n) is 9.49. The van der Waals surface area contributed by atoms with Crippen LogP contribution in [0.5, 0.6) is 0 Å². The first kappa shape index (κ1) is 18.2. The number of aliphatic imine (C=N–C) groups is 1. The molecular weight excluding hydrogens is 316 g/mol. The van der Waals surface area contributed by atoms with Crippen LogP contribution in [0.4, 0.5) is 0 Å². The molecule has 2 heteroatoms. The molecule has 0 atom stereocenters. The van der Waals surface area contributed by atoms with Gasteiger partial charge in [0.05, 0.1) is 0 Å². The predicted molar refractivity (Wildman–Crippen MR) is 113 cm³/mol. The average molecular weight is 345 g/mol. The zero-order valence-electron chi connectivity index (χ0n) is 16.0. The third-order valence-electron chi connectivity index (χ3n) is 4.74. The van der Waals surface area contributed by atoms with Crippen LogP contribution in [0.1, 0.15) is 42.9 Å². The molecule has 4 rings (SSSR count). The van der Waals surface area contributed by atoms with E-state index in [9.17, 15) is 0 Å². The smallest absolute Gasteiger partial charge is 0.128 e. The van der Waals surface area contributed by atoms with E-state index in [1.807, 2.05) is 0 Å². The van der Waals surface area contributed by atoms with E-state index in [0.29, 0.717) is 5.92 Å². The summed E-state index contributed by atoms with van der Waals surface area (Å²) in [5, 5.41) is 6.06. The van der Waals surface area contributed by atoms with Gasteiger partial charge in [0.1, 0.15) is 5.84 Å². The molecule has 0 aromatic heterocycles. The van der Waals surface area contributed by atoms with Crippen LogP contribution >= 0.6 is 0 Å². The predicted octanol–water partition coefficient (Wildman–Crippen LogP) is 5.70. The summed E-state index contributed by atoms with van der Waals surface area (Å²) < 4.78 is 0. The fourth-order valence-corrected chi connectivity index (χ4v) is 3.31. The summed E-state index contributed by atoms with van der Waals surface area (Å²) in [4.78, 5) is 4.47. The van der Waals surface area contributed by atoms with Gasteiger partial charge in [0, 0.05) is 18.7 Å². The van der Waals surface area contributed by atoms with Crippen molar-refractivity contribution >= 4 is 16.6 Å². The van der Waals surface area contributed by atoms with Crippen molar-refractivity contribution in [2.24, 2.45) is 4.99 Å². The topological polar surface area (TPSA) is 24.4 Å². The molecule has 26 heavy (non-hydrogen) atoms. The zero-order valence-corrected chi connectivity index (χ0v) is 16.0. The number of fused-ring (bicyclic) bond motifs is 1. The second-order valence-electron chi connectivity index (χ2n) is 7.05. The van der Waals surface area contributed by atoms with Crippen molar-refractivity contribution in [3.63, 3.8) is 0 Å². The van der Waals surface area contributed by atoms with Crippen molar-refractivity contribution in [2.75, 3.05) is 13.1 Å². The number of benzene rings is 3. The Morgan fingerprint density at radius 3 is 2.35 bits per heavy atom. The third-order valence-corrected chi connectivity index (χ3v) is 4.74. The monoisotopic (exact) mass is 344 g/mol. The molecule has 0 fully saturated rings. The van der Waals surface area contributed by atoms with E-state index in [-0.39, 0.29) is 0 Å². The maximum Gasteiger partial charge on any atom is 0.128 e. The van der Waals surface area contributed by atoms with Crippen molar-refractivity contribution in [1.82, 2.24) is 5.32 Å². The lowest BCUT2D eigenvalue weighted by atomic mass is 9.96. The van der Waals surface area contributed by atoms with Gasteiger partial charge >= 0.3 is 0 Å². The Morgan fingerprint density at radius 2 is 1.62 bits per heavy atom. The molecule has 0 saturated heterocycles. The van der Waals surface area contributed by atoms with Crippen LogP contribution in [-0.2, 0) is 0 Å². The van der Waals surface area contributed by atoms with Gasteiger partial charge in [-0.25, -0.2) is 0 Å². The van der Waals surface area contributed by atoms with Crippen LogP contribution in [0, 0.1) is 6.92 Å². The molecule has 2 nitrogen and oxygen atoms in total. The summed E-state index contributed by atoms with van der Waals surface area (Å²) in [5.41, 5.74) is 3.97. The van der Waals surface area contributed by atoms with Crippen molar-refractivity contribution in [3.8, 4) is 0 Å². The molecule has 3 aromatic carbocycles. The molecule has 0 saturated carbocycles. The zero-order chi connectivity index (χ0) is 18.4. The fraction of sp³-hybridized carbons (Fsp3) is 0.292. The van der Waals surface area contributed by atoms with Crippen molar-refractivity contribution < 1.29 is 0 Å². The molecule has 1 aliphatic heterocycles. The van der Waals surface area contributed by atoms with Crippen LogP contribution in [0.3, 0.4) is 0 Å². The van der Waals surface area contributed by atoms with Crippen LogP contribution in [0.25, 0.3) is 10.8 Å². The molecule has 0 aliphatic carbocycles. The Labute approximate surface area is 157 Å². The number of amidine groups is 1. The number of hydrogen-bond acceptors (Lipinski definition) is 2. The van der Waals surface area contributed by atoms with Crippen molar-refractivity contribution in [2.45, 2.75) is 33.1 Å². The fourth-order valence-electron chi connectivity index (χ4n) is 3.31. The molecule has 3 aromatic rings. The Hall–Kier alpha value is -2.61. The van der Waals surface area contributed by atoms with Crippen LogP contribution in [0.2, 0.25) is 0 Å². The quantitative estimate of drug-likeness (QED) is 0.634. The maximum absolute atomic E-state index is 4.47. The van der Waals surface area contributed by atoms with Crippen molar-refractivity contribution in [1.29, 1.82) is 0 Å². The molecule has 0 spiro atoms. The number of hydrogen-bond donors (Lipinski definition) is 1. The first-order valence-corrected chi connectivity index (χ1v) is 9.49. The lowest BCUT2D eigenvalue weighted by Crippen LogP contribution is -2.30. The van der Waals surface area contributed by atoms with E-state index in [1.54, 1.807) is 0 Å². The highest BCUT2D eigenvalue weighted by Crippen LogP contribution is 2.24. The van der Waals surface area contributed by atoms with Gasteiger partial charge in [-0.2, -0.15) is 0 Å². The average Bonchev–Trinajstić information content (AvgIpc) is 2.69. The molecule has 1 heterocycles. The highest BCUT2D eigenvalue weighted by Gasteiger charge is 2.08. The van der Waals surface area contributed by atoms with Gasteiger partial charge in [-0.1, -0.05) is 80.6 Å². The lowest BCUT2D eigenvalue weighted by Gasteiger charge is -2.15. The van der Waals surface area contributed by atoms with Gasteiger partial charge in [0.15, 0.2) is 0 Å². The molecule has 0 bridgehead atoms. The summed E-state index contributed by atoms with van der Waals surface area (Å²) in [5.74, 6) is 1.66. The summed E-state index contributed by atoms with van der Waals surface area (Å²) >= 11 is 0. The van der Waals surface area contributed by atoms with Crippen molar-refractivity contribution in [3.05, 3.63) is 83.4 Å². The second-order valence-corrected chi connectivity index (χ2v) is 7.05. The normalized spacial score (nSPS) is 13.6. The highest BCUT2D eigenvalue weighted by molar-refractivity contribution is 6.00. The Bertz CT molecular complexity index is 888. The molecule has 134 valence electrons. The molecular formula is C24H28N2. The van der Waals surface area contributed by atoms with Gasteiger partial charge in [0.2, 0.25) is 0 Å². The third kappa shape index (κ3) is 4.32. The molecule has 0 unspecified atom stereocenters. The molecule has 0 radical (unpaired) electrons. The Kier molecular flexibility index (Phi) is 6.06. The Balaban J connectivity index is 0.000000151. The molecule has 1 aliphatic rings. The second kappa shape index (κ2) is 8.66. The minimum Gasteiger partial charge on any atom is -0.370 e. The number of aryl methyl sites for hydroxylation is 1. The maximum atomic E-state index is 4.47. The van der Waals surface area contributed by atoms with Gasteiger partial charge in [-0.3, -0.25) is 4.99 Å². The van der Waals surface area contributed by atoms with Gasteiger partial charge < -0.3 is 5.32 Å². The summed E-state index contributed by atoms with van der Waals surface area (Å²) in [7, 11) is 0. The Morgan fingerprint density at radius 1 is 0.885 bits per heavy atom. The molecule has 0 amide bonds. The minimum atomic E-state index is 0.603.